The highest BCUT2D eigenvalue weighted by molar-refractivity contribution is 7.90. The highest BCUT2D eigenvalue weighted by atomic mass is 32.2. The number of alkyl halides is 3. The number of sulfone groups is 1. The minimum atomic E-state index is -4.47. The van der Waals surface area contributed by atoms with Crippen LogP contribution in [0.2, 0.25) is 0 Å². The van der Waals surface area contributed by atoms with Crippen LogP contribution in [0.15, 0.2) is 47.4 Å². The average molecular weight is 553 g/mol. The second-order valence-electron chi connectivity index (χ2n) is 10.1. The van der Waals surface area contributed by atoms with E-state index in [1.165, 1.54) is 42.3 Å². The fraction of sp³-hybridized carbons (Fsp3) is 0.462. The summed E-state index contributed by atoms with van der Waals surface area (Å²) in [5.74, 6) is -0.700. The van der Waals surface area contributed by atoms with Crippen molar-refractivity contribution in [2.75, 3.05) is 26.6 Å². The van der Waals surface area contributed by atoms with Crippen molar-refractivity contribution in [1.82, 2.24) is 10.2 Å². The third-order valence-corrected chi connectivity index (χ3v) is 8.61. The topological polar surface area (TPSA) is 102 Å². The first-order valence-electron chi connectivity index (χ1n) is 12.1. The van der Waals surface area contributed by atoms with E-state index in [1.807, 2.05) is 0 Å². The number of nitrogens with zero attached hydrogens (tertiary/aromatic N) is 1. The van der Waals surface area contributed by atoms with E-state index in [4.69, 9.17) is 9.47 Å². The number of amides is 2. The van der Waals surface area contributed by atoms with Gasteiger partial charge in [0.25, 0.3) is 5.91 Å². The normalized spacial score (nSPS) is 23.8. The van der Waals surface area contributed by atoms with Gasteiger partial charge in [0.1, 0.15) is 11.8 Å². The highest BCUT2D eigenvalue weighted by Gasteiger charge is 2.56. The minimum Gasteiger partial charge on any atom is -0.496 e. The van der Waals surface area contributed by atoms with Crippen molar-refractivity contribution in [3.63, 3.8) is 0 Å². The quantitative estimate of drug-likeness (QED) is 0.566. The van der Waals surface area contributed by atoms with Gasteiger partial charge in [-0.1, -0.05) is 12.1 Å². The number of hydrogen-bond acceptors (Lipinski definition) is 6. The zero-order chi connectivity index (χ0) is 27.4. The van der Waals surface area contributed by atoms with Crippen LogP contribution < -0.4 is 10.1 Å². The zero-order valence-electron chi connectivity index (χ0n) is 20.7. The van der Waals surface area contributed by atoms with E-state index < -0.39 is 45.5 Å². The Morgan fingerprint density at radius 2 is 1.79 bits per heavy atom. The summed E-state index contributed by atoms with van der Waals surface area (Å²) in [7, 11) is -2.22. The summed E-state index contributed by atoms with van der Waals surface area (Å²) in [5.41, 5.74) is -0.218. The SMILES string of the molecule is COc1ccc(S(C)(=O)=O)cc1C(=O)N1[C@@H](C(=O)NC(c2ccc(C(F)(F)F)cc2)C2COC2)C[C@H]2C[C@H]21. The lowest BCUT2D eigenvalue weighted by molar-refractivity contribution is -0.137. The van der Waals surface area contributed by atoms with Gasteiger partial charge in [0.2, 0.25) is 5.91 Å². The molecular formula is C26H27F3N2O6S. The van der Waals surface area contributed by atoms with Crippen LogP contribution in [0.1, 0.15) is 40.4 Å². The molecule has 0 aromatic heterocycles. The largest absolute Gasteiger partial charge is 0.496 e. The number of ether oxygens (including phenoxy) is 2. The van der Waals surface area contributed by atoms with Crippen molar-refractivity contribution in [3.8, 4) is 5.75 Å². The van der Waals surface area contributed by atoms with Gasteiger partial charge in [-0.2, -0.15) is 13.2 Å². The Balaban J connectivity index is 1.40. The molecule has 2 aromatic carbocycles. The first kappa shape index (κ1) is 26.5. The molecule has 0 spiro atoms. The summed E-state index contributed by atoms with van der Waals surface area (Å²) in [6.07, 6.45) is -2.25. The Morgan fingerprint density at radius 3 is 2.34 bits per heavy atom. The maximum absolute atomic E-state index is 13.7. The van der Waals surface area contributed by atoms with E-state index in [9.17, 15) is 31.2 Å². The number of likely N-dealkylation sites (tertiary alicyclic amines) is 1. The number of fused-ring (bicyclic) bond motifs is 1. The van der Waals surface area contributed by atoms with Gasteiger partial charge in [0.15, 0.2) is 9.84 Å². The van der Waals surface area contributed by atoms with Crippen LogP contribution in [0.25, 0.3) is 0 Å². The summed E-state index contributed by atoms with van der Waals surface area (Å²) in [5, 5.41) is 2.96. The Labute approximate surface area is 218 Å². The third kappa shape index (κ3) is 4.98. The van der Waals surface area contributed by atoms with Gasteiger partial charge in [-0.25, -0.2) is 8.42 Å². The molecule has 3 aliphatic rings. The van der Waals surface area contributed by atoms with Crippen molar-refractivity contribution in [1.29, 1.82) is 0 Å². The molecule has 4 atom stereocenters. The van der Waals surface area contributed by atoms with Crippen LogP contribution in [0.4, 0.5) is 13.2 Å². The number of hydrogen-bond donors (Lipinski definition) is 1. The van der Waals surface area contributed by atoms with Gasteiger partial charge in [0, 0.05) is 18.2 Å². The molecule has 2 saturated heterocycles. The summed E-state index contributed by atoms with van der Waals surface area (Å²) in [4.78, 5) is 28.7. The molecule has 204 valence electrons. The maximum atomic E-state index is 13.7. The van der Waals surface area contributed by atoms with Gasteiger partial charge in [-0.05, 0) is 54.7 Å². The Hall–Kier alpha value is -3.12. The molecule has 2 heterocycles. The fourth-order valence-corrected chi connectivity index (χ4v) is 5.90. The number of carbonyl (C=O) groups excluding carboxylic acids is 2. The Morgan fingerprint density at radius 1 is 1.11 bits per heavy atom. The van der Waals surface area contributed by atoms with Crippen LogP contribution in [0.5, 0.6) is 5.75 Å². The van der Waals surface area contributed by atoms with Crippen LogP contribution in [0.3, 0.4) is 0 Å². The maximum Gasteiger partial charge on any atom is 0.416 e. The predicted octanol–water partition coefficient (Wildman–Crippen LogP) is 3.22. The summed E-state index contributed by atoms with van der Waals surface area (Å²) in [6, 6.07) is 7.15. The molecular weight excluding hydrogens is 525 g/mol. The minimum absolute atomic E-state index is 0.0402. The molecule has 0 radical (unpaired) electrons. The van der Waals surface area contributed by atoms with E-state index >= 15 is 0 Å². The number of piperidine rings is 1. The van der Waals surface area contributed by atoms with E-state index in [-0.39, 0.29) is 34.1 Å². The van der Waals surface area contributed by atoms with E-state index in [0.717, 1.165) is 24.8 Å². The number of rotatable bonds is 7. The molecule has 2 amide bonds. The number of nitrogens with one attached hydrogen (secondary N) is 1. The lowest BCUT2D eigenvalue weighted by Gasteiger charge is -2.36. The molecule has 38 heavy (non-hydrogen) atoms. The van der Waals surface area contributed by atoms with E-state index in [2.05, 4.69) is 5.32 Å². The van der Waals surface area contributed by atoms with Gasteiger partial charge in [-0.3, -0.25) is 9.59 Å². The number of carbonyl (C=O) groups is 2. The van der Waals surface area contributed by atoms with Crippen LogP contribution in [0, 0.1) is 11.8 Å². The molecule has 12 heteroatoms. The summed E-state index contributed by atoms with van der Waals surface area (Å²) >= 11 is 0. The van der Waals surface area contributed by atoms with E-state index in [0.29, 0.717) is 25.2 Å². The van der Waals surface area contributed by atoms with Crippen molar-refractivity contribution < 1.29 is 40.7 Å². The lowest BCUT2D eigenvalue weighted by atomic mass is 9.90. The zero-order valence-corrected chi connectivity index (χ0v) is 21.5. The monoisotopic (exact) mass is 552 g/mol. The van der Waals surface area contributed by atoms with Crippen LogP contribution in [-0.2, 0) is 25.5 Å². The van der Waals surface area contributed by atoms with Gasteiger partial charge < -0.3 is 19.7 Å². The molecule has 2 aromatic rings. The lowest BCUT2D eigenvalue weighted by Crippen LogP contribution is -2.51. The van der Waals surface area contributed by atoms with Gasteiger partial charge in [0.05, 0.1) is 42.4 Å². The van der Waals surface area contributed by atoms with Crippen molar-refractivity contribution >= 4 is 21.7 Å². The fourth-order valence-electron chi connectivity index (χ4n) is 5.26. The second kappa shape index (κ2) is 9.57. The number of methoxy groups -OCH3 is 1. The van der Waals surface area contributed by atoms with Crippen molar-refractivity contribution in [3.05, 3.63) is 59.2 Å². The summed E-state index contributed by atoms with van der Waals surface area (Å²) < 4.78 is 73.9. The average Bonchev–Trinajstić information content (AvgIpc) is 3.49. The molecule has 1 saturated carbocycles. The Kier molecular flexibility index (Phi) is 6.67. The summed E-state index contributed by atoms with van der Waals surface area (Å²) in [6.45, 7) is 0.694. The molecule has 5 rings (SSSR count). The Bertz CT molecular complexity index is 1360. The van der Waals surface area contributed by atoms with Crippen LogP contribution >= 0.6 is 0 Å². The van der Waals surface area contributed by atoms with Crippen LogP contribution in [-0.4, -0.2) is 63.8 Å². The molecule has 2 aliphatic heterocycles. The highest BCUT2D eigenvalue weighted by Crippen LogP contribution is 2.49. The van der Waals surface area contributed by atoms with Crippen molar-refractivity contribution in [2.24, 2.45) is 11.8 Å². The number of halogens is 3. The van der Waals surface area contributed by atoms with Crippen molar-refractivity contribution in [2.45, 2.75) is 42.0 Å². The van der Waals surface area contributed by atoms with Gasteiger partial charge in [-0.15, -0.1) is 0 Å². The third-order valence-electron chi connectivity index (χ3n) is 7.50. The molecule has 1 N–H and O–H groups in total. The molecule has 0 bridgehead atoms. The molecule has 8 nitrogen and oxygen atoms in total. The smallest absolute Gasteiger partial charge is 0.416 e. The van der Waals surface area contributed by atoms with Gasteiger partial charge >= 0.3 is 6.18 Å². The first-order chi connectivity index (χ1) is 17.9. The second-order valence-corrected chi connectivity index (χ2v) is 12.1. The molecule has 1 aliphatic carbocycles. The first-order valence-corrected chi connectivity index (χ1v) is 14.0. The number of benzene rings is 2. The molecule has 3 fully saturated rings. The molecule has 1 unspecified atom stereocenters. The van der Waals surface area contributed by atoms with E-state index in [1.54, 1.807) is 0 Å². The standard InChI is InChI=1S/C26H27F3N2O6S/c1-36-22-8-7-18(38(2,34)35)11-19(22)25(33)31-20-9-15(20)10-21(31)24(32)30-23(16-12-37-13-16)14-3-5-17(6-4-14)26(27,28)29/h3-8,11,15-16,20-21,23H,9-10,12-13H2,1-2H3,(H,30,32)/t15-,20-,21-,23?/m1/s1. The predicted molar refractivity (Wildman–Crippen MR) is 129 cm³/mol.